The highest BCUT2D eigenvalue weighted by atomic mass is 35.5. The Hall–Kier alpha value is -3.62. The van der Waals surface area contributed by atoms with Crippen molar-refractivity contribution in [1.82, 2.24) is 15.2 Å². The average molecular weight is 533 g/mol. The van der Waals surface area contributed by atoms with Gasteiger partial charge < -0.3 is 9.47 Å². The van der Waals surface area contributed by atoms with E-state index in [4.69, 9.17) is 21.1 Å². The Morgan fingerprint density at radius 3 is 2.65 bits per heavy atom. The molecule has 0 saturated heterocycles. The number of hydrogen-bond acceptors (Lipinski definition) is 7. The lowest BCUT2D eigenvalue weighted by Crippen LogP contribution is -2.36. The number of carbonyl (C=O) groups excluding carboxylic acids is 1. The summed E-state index contributed by atoms with van der Waals surface area (Å²) in [6.45, 7) is 3.93. The summed E-state index contributed by atoms with van der Waals surface area (Å²) in [5, 5.41) is 9.77. The molecule has 1 amide bonds. The zero-order chi connectivity index (χ0) is 25.8. The fourth-order valence-corrected chi connectivity index (χ4v) is 4.90. The predicted octanol–water partition coefficient (Wildman–Crippen LogP) is 6.72. The number of nitrogens with zero attached hydrogens (tertiary/aromatic N) is 4. The third-order valence-electron chi connectivity index (χ3n) is 5.76. The predicted molar refractivity (Wildman–Crippen MR) is 145 cm³/mol. The third kappa shape index (κ3) is 5.40. The van der Waals surface area contributed by atoms with E-state index in [0.29, 0.717) is 50.9 Å². The molecule has 9 heteroatoms. The number of benzene rings is 3. The Bertz CT molecular complexity index is 1420. The second kappa shape index (κ2) is 11.2. The van der Waals surface area contributed by atoms with Gasteiger partial charge in [0, 0.05) is 23.3 Å². The fraction of sp³-hybridized carbons (Fsp3) is 0.214. The van der Waals surface area contributed by atoms with E-state index in [2.05, 4.69) is 22.1 Å². The number of aromatic nitrogens is 3. The molecule has 0 aliphatic carbocycles. The number of halogens is 1. The van der Waals surface area contributed by atoms with E-state index in [9.17, 15) is 4.79 Å². The molecule has 0 N–H and O–H groups in total. The Labute approximate surface area is 224 Å². The maximum absolute atomic E-state index is 13.1. The van der Waals surface area contributed by atoms with Gasteiger partial charge in [-0.05, 0) is 36.2 Å². The van der Waals surface area contributed by atoms with E-state index in [-0.39, 0.29) is 5.91 Å². The molecule has 37 heavy (non-hydrogen) atoms. The van der Waals surface area contributed by atoms with Crippen LogP contribution < -0.4 is 14.4 Å². The smallest absolute Gasteiger partial charge is 0.247 e. The van der Waals surface area contributed by atoms with Gasteiger partial charge >= 0.3 is 0 Å². The van der Waals surface area contributed by atoms with Crippen LogP contribution in [0.2, 0.25) is 5.02 Å². The Balaban J connectivity index is 1.63. The van der Waals surface area contributed by atoms with Crippen molar-refractivity contribution in [2.24, 2.45) is 0 Å². The molecule has 1 aromatic heterocycles. The largest absolute Gasteiger partial charge is 0.488 e. The summed E-state index contributed by atoms with van der Waals surface area (Å²) in [6, 6.07) is 22.7. The van der Waals surface area contributed by atoms with Gasteiger partial charge in [-0.25, -0.2) is 0 Å². The molecule has 0 fully saturated rings. The van der Waals surface area contributed by atoms with Crippen LogP contribution in [0.25, 0.3) is 11.3 Å². The van der Waals surface area contributed by atoms with Gasteiger partial charge in [-0.1, -0.05) is 78.8 Å². The van der Waals surface area contributed by atoms with Crippen LogP contribution in [0.5, 0.6) is 11.6 Å². The van der Waals surface area contributed by atoms with Crippen molar-refractivity contribution in [2.45, 2.75) is 38.3 Å². The molecule has 0 saturated carbocycles. The highest BCUT2D eigenvalue weighted by Crippen LogP contribution is 2.45. The summed E-state index contributed by atoms with van der Waals surface area (Å²) in [5.74, 6) is 1.48. The van der Waals surface area contributed by atoms with E-state index in [1.807, 2.05) is 54.6 Å². The molecule has 3 aromatic carbocycles. The van der Waals surface area contributed by atoms with Gasteiger partial charge in [0.1, 0.15) is 12.4 Å². The third-order valence-corrected chi connectivity index (χ3v) is 7.04. The van der Waals surface area contributed by atoms with Crippen LogP contribution in [0.15, 0.2) is 78.0 Å². The topological polar surface area (TPSA) is 77.4 Å². The second-order valence-corrected chi connectivity index (χ2v) is 9.93. The molecule has 0 bridgehead atoms. The lowest BCUT2D eigenvalue weighted by atomic mass is 10.1. The van der Waals surface area contributed by atoms with Crippen LogP contribution in [0.3, 0.4) is 0 Å². The van der Waals surface area contributed by atoms with Gasteiger partial charge in [-0.2, -0.15) is 4.98 Å². The fourth-order valence-electron chi connectivity index (χ4n) is 4.09. The number of hydrogen-bond donors (Lipinski definition) is 0. The number of amides is 1. The van der Waals surface area contributed by atoms with Gasteiger partial charge in [-0.3, -0.25) is 9.69 Å². The van der Waals surface area contributed by atoms with Gasteiger partial charge in [-0.15, -0.1) is 10.2 Å². The highest BCUT2D eigenvalue weighted by molar-refractivity contribution is 7.99. The van der Waals surface area contributed by atoms with Crippen molar-refractivity contribution in [3.63, 3.8) is 0 Å². The summed E-state index contributed by atoms with van der Waals surface area (Å²) in [4.78, 5) is 19.4. The minimum Gasteiger partial charge on any atom is -0.488 e. The average Bonchev–Trinajstić information content (AvgIpc) is 3.06. The van der Waals surface area contributed by atoms with Gasteiger partial charge in [0.25, 0.3) is 0 Å². The van der Waals surface area contributed by atoms with Crippen molar-refractivity contribution in [3.05, 3.63) is 88.9 Å². The van der Waals surface area contributed by atoms with Crippen molar-refractivity contribution in [3.8, 4) is 22.9 Å². The first-order chi connectivity index (χ1) is 18.0. The Kier molecular flexibility index (Phi) is 7.58. The quantitative estimate of drug-likeness (QED) is 0.244. The molecule has 0 unspecified atom stereocenters. The summed E-state index contributed by atoms with van der Waals surface area (Å²) in [7, 11) is 0. The second-order valence-electron chi connectivity index (χ2n) is 8.43. The van der Waals surface area contributed by atoms with Crippen LogP contribution in [-0.2, 0) is 11.4 Å². The number of para-hydroxylation sites is 1. The Morgan fingerprint density at radius 2 is 1.86 bits per heavy atom. The summed E-state index contributed by atoms with van der Waals surface area (Å²) >= 11 is 7.95. The maximum atomic E-state index is 13.1. The van der Waals surface area contributed by atoms with Crippen molar-refractivity contribution < 1.29 is 14.3 Å². The Morgan fingerprint density at radius 1 is 1.08 bits per heavy atom. The number of rotatable bonds is 7. The zero-order valence-corrected chi connectivity index (χ0v) is 22.0. The molecule has 5 rings (SSSR count). The molecular weight excluding hydrogens is 508 g/mol. The molecule has 1 aliphatic rings. The lowest BCUT2D eigenvalue weighted by Gasteiger charge is -2.31. The molecule has 4 aromatic rings. The number of thioether (sulfide) groups is 1. The van der Waals surface area contributed by atoms with Gasteiger partial charge in [0.05, 0.1) is 11.3 Å². The van der Waals surface area contributed by atoms with Crippen LogP contribution in [0.1, 0.15) is 37.6 Å². The van der Waals surface area contributed by atoms with E-state index < -0.39 is 6.23 Å². The first-order valence-corrected chi connectivity index (χ1v) is 13.3. The van der Waals surface area contributed by atoms with Crippen LogP contribution in [0, 0.1) is 0 Å². The van der Waals surface area contributed by atoms with Gasteiger partial charge in [0.2, 0.25) is 23.2 Å². The number of fused-ring (bicyclic) bond motifs is 3. The molecule has 7 nitrogen and oxygen atoms in total. The van der Waals surface area contributed by atoms with Crippen molar-refractivity contribution >= 4 is 35.0 Å². The summed E-state index contributed by atoms with van der Waals surface area (Å²) in [5.41, 5.74) is 3.43. The van der Waals surface area contributed by atoms with Crippen molar-refractivity contribution in [2.75, 3.05) is 10.7 Å². The van der Waals surface area contributed by atoms with E-state index in [1.54, 1.807) is 23.1 Å². The lowest BCUT2D eigenvalue weighted by molar-refractivity contribution is -0.118. The summed E-state index contributed by atoms with van der Waals surface area (Å²) in [6.07, 6.45) is 0.0743. The van der Waals surface area contributed by atoms with Crippen LogP contribution in [-0.4, -0.2) is 26.8 Å². The molecule has 0 spiro atoms. The number of carbonyl (C=O) groups is 1. The zero-order valence-electron chi connectivity index (χ0n) is 20.4. The minimum absolute atomic E-state index is 0.215. The van der Waals surface area contributed by atoms with Crippen LogP contribution >= 0.6 is 23.4 Å². The van der Waals surface area contributed by atoms with E-state index in [0.717, 1.165) is 17.7 Å². The molecule has 0 radical (unpaired) electrons. The molecule has 1 atom stereocenters. The minimum atomic E-state index is -0.898. The first kappa shape index (κ1) is 25.0. The highest BCUT2D eigenvalue weighted by Gasteiger charge is 2.36. The van der Waals surface area contributed by atoms with Crippen molar-refractivity contribution in [1.29, 1.82) is 0 Å². The first-order valence-electron chi connectivity index (χ1n) is 11.9. The molecule has 1 aliphatic heterocycles. The van der Waals surface area contributed by atoms with Crippen LogP contribution in [0.4, 0.5) is 5.69 Å². The monoisotopic (exact) mass is 532 g/mol. The SMILES string of the molecule is CCCSc1nnc2c(n1)O[C@@H](c1cc(Cl)ccc1OCc1ccccc1)N(C(C)=O)c1ccccc1-2. The number of ether oxygens (including phenoxy) is 2. The van der Waals surface area contributed by atoms with E-state index >= 15 is 0 Å². The molecule has 2 heterocycles. The maximum Gasteiger partial charge on any atom is 0.247 e. The number of anilines is 1. The standard InChI is InChI=1S/C28H25ClN4O3S/c1-3-15-37-28-30-26-25(31-32-28)21-11-7-8-12-23(21)33(18(2)34)27(36-26)22-16-20(29)13-14-24(22)35-17-19-9-5-4-6-10-19/h4-14,16,27H,3,15,17H2,1-2H3/t27-/m0/s1. The molecular formula is C28H25ClN4O3S. The van der Waals surface area contributed by atoms with E-state index in [1.165, 1.54) is 18.7 Å². The molecule has 188 valence electrons. The normalized spacial score (nSPS) is 14.2. The van der Waals surface area contributed by atoms with Gasteiger partial charge in [0.15, 0.2) is 5.69 Å². The summed E-state index contributed by atoms with van der Waals surface area (Å²) < 4.78 is 12.7.